The van der Waals surface area contributed by atoms with Gasteiger partial charge in [-0.25, -0.2) is 9.59 Å². The summed E-state index contributed by atoms with van der Waals surface area (Å²) in [4.78, 5) is 57.2. The summed E-state index contributed by atoms with van der Waals surface area (Å²) in [5.74, 6) is -3.42. The lowest BCUT2D eigenvalue weighted by Crippen LogP contribution is -2.50. The number of hydrogen-bond acceptors (Lipinski definition) is 8. The molecule has 1 aromatic heterocycles. The summed E-state index contributed by atoms with van der Waals surface area (Å²) in [5, 5.41) is 21.7. The third-order valence-corrected chi connectivity index (χ3v) is 8.41. The van der Waals surface area contributed by atoms with Crippen LogP contribution in [0.1, 0.15) is 24.8 Å². The first-order valence-corrected chi connectivity index (χ1v) is 16.6. The Hall–Kier alpha value is -4.37. The van der Waals surface area contributed by atoms with E-state index < -0.39 is 24.2 Å². The fraction of sp³-hybridized carbons (Fsp3) is 0.424. The van der Waals surface area contributed by atoms with E-state index in [9.17, 15) is 32.7 Å². The number of amides is 2. The van der Waals surface area contributed by atoms with E-state index in [0.717, 1.165) is 34.9 Å². The standard InChI is InChI=1S/C31H39N5O4S.C2HF3O2/c1-34(25-12-15-32-16-13-25)22-30(38)36-17-6-10-26(36)20-35(21-29(37)33-28(31(39)40)14-18-41-2)19-24-9-5-8-23-7-3-4-11-27(23)24;3-2(4,5)1(6)7/h3-5,7-9,11-13,15-16,26,28H,6,10,14,17-22H2,1-2H3,(H,33,37)(H,39,40);(H,6,7)/t26-,28?;/m0./s1. The molecular weight excluding hydrogens is 651 g/mol. The Morgan fingerprint density at radius 1 is 1.04 bits per heavy atom. The zero-order valence-electron chi connectivity index (χ0n) is 26.7. The number of thioether (sulfide) groups is 1. The van der Waals surface area contributed by atoms with Crippen LogP contribution in [0.5, 0.6) is 0 Å². The number of carboxylic acid groups (broad SMARTS) is 2. The van der Waals surface area contributed by atoms with Crippen LogP contribution in [0.15, 0.2) is 67.0 Å². The number of carbonyl (C=O) groups excluding carboxylic acids is 2. The summed E-state index contributed by atoms with van der Waals surface area (Å²) in [5.41, 5.74) is 2.01. The highest BCUT2D eigenvalue weighted by atomic mass is 32.2. The molecule has 4 rings (SSSR count). The second-order valence-electron chi connectivity index (χ2n) is 11.3. The Balaban J connectivity index is 0.000000804. The SMILES string of the molecule is CSCCC(NC(=O)CN(Cc1cccc2ccccc12)C[C@@H]1CCCN1C(=O)CN(C)c1ccncc1)C(=O)O.O=C(O)C(F)(F)F. The van der Waals surface area contributed by atoms with Crippen molar-refractivity contribution < 1.29 is 42.6 Å². The van der Waals surface area contributed by atoms with Gasteiger partial charge in [0.25, 0.3) is 0 Å². The van der Waals surface area contributed by atoms with Gasteiger partial charge in [0.1, 0.15) is 6.04 Å². The van der Waals surface area contributed by atoms with E-state index in [2.05, 4.69) is 34.6 Å². The van der Waals surface area contributed by atoms with Crippen LogP contribution in [0.2, 0.25) is 0 Å². The smallest absolute Gasteiger partial charge is 0.480 e. The van der Waals surface area contributed by atoms with E-state index in [1.165, 1.54) is 0 Å². The number of nitrogens with one attached hydrogen (secondary N) is 1. The molecular formula is C33H40F3N5O6S. The highest BCUT2D eigenvalue weighted by Gasteiger charge is 2.38. The number of fused-ring (bicyclic) bond motifs is 1. The predicted molar refractivity (Wildman–Crippen MR) is 178 cm³/mol. The number of alkyl halides is 3. The number of likely N-dealkylation sites (N-methyl/N-ethyl adjacent to an activating group) is 1. The van der Waals surface area contributed by atoms with Crippen LogP contribution >= 0.6 is 11.8 Å². The number of likely N-dealkylation sites (tertiary alicyclic amines) is 1. The molecule has 48 heavy (non-hydrogen) atoms. The van der Waals surface area contributed by atoms with E-state index in [0.29, 0.717) is 31.8 Å². The molecule has 0 saturated carbocycles. The van der Waals surface area contributed by atoms with Crippen molar-refractivity contribution in [2.75, 3.05) is 50.1 Å². The van der Waals surface area contributed by atoms with Crippen molar-refractivity contribution in [2.24, 2.45) is 0 Å². The molecule has 0 spiro atoms. The lowest BCUT2D eigenvalue weighted by molar-refractivity contribution is -0.192. The molecule has 3 N–H and O–H groups in total. The summed E-state index contributed by atoms with van der Waals surface area (Å²) in [7, 11) is 1.89. The van der Waals surface area contributed by atoms with Gasteiger partial charge in [0, 0.05) is 50.8 Å². The second kappa shape index (κ2) is 18.2. The third-order valence-electron chi connectivity index (χ3n) is 7.77. The summed E-state index contributed by atoms with van der Waals surface area (Å²) in [6, 6.07) is 17.1. The van der Waals surface area contributed by atoms with E-state index in [4.69, 9.17) is 9.90 Å². The second-order valence-corrected chi connectivity index (χ2v) is 12.3. The van der Waals surface area contributed by atoms with Crippen LogP contribution in [-0.2, 0) is 25.7 Å². The fourth-order valence-electron chi connectivity index (χ4n) is 5.43. The van der Waals surface area contributed by atoms with Gasteiger partial charge in [0.15, 0.2) is 0 Å². The maximum Gasteiger partial charge on any atom is 0.490 e. The number of anilines is 1. The van der Waals surface area contributed by atoms with Crippen molar-refractivity contribution in [3.05, 3.63) is 72.6 Å². The quantitative estimate of drug-likeness (QED) is 0.226. The number of carboxylic acids is 2. The number of aliphatic carboxylic acids is 2. The molecule has 11 nitrogen and oxygen atoms in total. The van der Waals surface area contributed by atoms with E-state index >= 15 is 0 Å². The third kappa shape index (κ3) is 11.7. The Bertz CT molecular complexity index is 1530. The number of pyridine rings is 1. The lowest BCUT2D eigenvalue weighted by atomic mass is 10.0. The van der Waals surface area contributed by atoms with Gasteiger partial charge in [-0.15, -0.1) is 0 Å². The molecule has 260 valence electrons. The van der Waals surface area contributed by atoms with Gasteiger partial charge >= 0.3 is 18.1 Å². The molecule has 15 heteroatoms. The predicted octanol–water partition coefficient (Wildman–Crippen LogP) is 4.12. The average molecular weight is 692 g/mol. The molecule has 1 aliphatic heterocycles. The summed E-state index contributed by atoms with van der Waals surface area (Å²) >= 11 is 1.55. The molecule has 1 saturated heterocycles. The van der Waals surface area contributed by atoms with Gasteiger partial charge in [0.2, 0.25) is 11.8 Å². The first-order chi connectivity index (χ1) is 22.8. The number of hydrogen-bond donors (Lipinski definition) is 3. The molecule has 3 aromatic rings. The van der Waals surface area contributed by atoms with Crippen LogP contribution in [-0.4, -0.2) is 112 Å². The number of halogens is 3. The molecule has 2 aromatic carbocycles. The number of benzene rings is 2. The van der Waals surface area contributed by atoms with Gasteiger partial charge in [-0.05, 0) is 59.7 Å². The number of carbonyl (C=O) groups is 4. The number of aromatic nitrogens is 1. The normalized spacial score (nSPS) is 15.0. The van der Waals surface area contributed by atoms with E-state index in [1.54, 1.807) is 24.2 Å². The zero-order chi connectivity index (χ0) is 35.3. The summed E-state index contributed by atoms with van der Waals surface area (Å²) in [6.45, 7) is 2.00. The van der Waals surface area contributed by atoms with E-state index in [-0.39, 0.29) is 30.9 Å². The van der Waals surface area contributed by atoms with E-state index in [1.807, 2.05) is 58.3 Å². The molecule has 0 aliphatic carbocycles. The largest absolute Gasteiger partial charge is 0.490 e. The van der Waals surface area contributed by atoms with Crippen molar-refractivity contribution in [3.8, 4) is 0 Å². The van der Waals surface area contributed by atoms with Crippen molar-refractivity contribution >= 4 is 52.0 Å². The molecule has 0 bridgehead atoms. The van der Waals surface area contributed by atoms with Gasteiger partial charge in [-0.3, -0.25) is 19.5 Å². The highest BCUT2D eigenvalue weighted by Crippen LogP contribution is 2.24. The van der Waals surface area contributed by atoms with Crippen molar-refractivity contribution in [1.82, 2.24) is 20.1 Å². The number of nitrogens with zero attached hydrogens (tertiary/aromatic N) is 4. The monoisotopic (exact) mass is 691 g/mol. The maximum atomic E-state index is 13.4. The van der Waals surface area contributed by atoms with Crippen molar-refractivity contribution in [1.29, 1.82) is 0 Å². The molecule has 1 aliphatic rings. The topological polar surface area (TPSA) is 143 Å². The van der Waals surface area contributed by atoms with Gasteiger partial charge < -0.3 is 25.3 Å². The highest BCUT2D eigenvalue weighted by molar-refractivity contribution is 7.98. The van der Waals surface area contributed by atoms with Crippen LogP contribution in [0, 0.1) is 0 Å². The molecule has 1 unspecified atom stereocenters. The zero-order valence-corrected chi connectivity index (χ0v) is 27.5. The summed E-state index contributed by atoms with van der Waals surface area (Å²) in [6.07, 6.45) is 2.36. The Kier molecular flexibility index (Phi) is 14.5. The maximum absolute atomic E-state index is 13.4. The first-order valence-electron chi connectivity index (χ1n) is 15.2. The Morgan fingerprint density at radius 2 is 1.71 bits per heavy atom. The Morgan fingerprint density at radius 3 is 2.35 bits per heavy atom. The Labute approximate surface area is 281 Å². The van der Waals surface area contributed by atoms with Gasteiger partial charge in [-0.1, -0.05) is 42.5 Å². The van der Waals surface area contributed by atoms with Gasteiger partial charge in [0.05, 0.1) is 13.1 Å². The van der Waals surface area contributed by atoms with Crippen molar-refractivity contribution in [3.63, 3.8) is 0 Å². The fourth-order valence-corrected chi connectivity index (χ4v) is 5.90. The minimum Gasteiger partial charge on any atom is -0.480 e. The number of rotatable bonds is 14. The van der Waals surface area contributed by atoms with Crippen LogP contribution in [0.4, 0.5) is 18.9 Å². The first kappa shape index (κ1) is 38.1. The van der Waals surface area contributed by atoms with Crippen molar-refractivity contribution in [2.45, 2.75) is 44.1 Å². The van der Waals surface area contributed by atoms with Crippen LogP contribution in [0.25, 0.3) is 10.8 Å². The molecule has 2 atom stereocenters. The molecule has 2 heterocycles. The lowest BCUT2D eigenvalue weighted by Gasteiger charge is -2.32. The molecule has 1 fully saturated rings. The molecule has 2 amide bonds. The minimum absolute atomic E-state index is 0.0390. The average Bonchev–Trinajstić information content (AvgIpc) is 3.51. The van der Waals surface area contributed by atoms with Crippen LogP contribution < -0.4 is 10.2 Å². The van der Waals surface area contributed by atoms with Crippen LogP contribution in [0.3, 0.4) is 0 Å². The summed E-state index contributed by atoms with van der Waals surface area (Å²) < 4.78 is 31.7. The molecule has 0 radical (unpaired) electrons. The van der Waals surface area contributed by atoms with Gasteiger partial charge in [-0.2, -0.15) is 24.9 Å². The minimum atomic E-state index is -5.08.